The topological polar surface area (TPSA) is 55.8 Å². The lowest BCUT2D eigenvalue weighted by molar-refractivity contribution is 0.0269. The van der Waals surface area contributed by atoms with E-state index in [9.17, 15) is 4.79 Å². The van der Waals surface area contributed by atoms with Crippen LogP contribution in [-0.4, -0.2) is 30.4 Å². The van der Waals surface area contributed by atoms with Crippen LogP contribution in [0.4, 0.5) is 0 Å². The van der Waals surface area contributed by atoms with Gasteiger partial charge in [-0.3, -0.25) is 0 Å². The third-order valence-corrected chi connectivity index (χ3v) is 2.00. The maximum atomic E-state index is 11.4. The molecule has 0 radical (unpaired) electrons. The highest BCUT2D eigenvalue weighted by Crippen LogP contribution is 2.22. The highest BCUT2D eigenvalue weighted by molar-refractivity contribution is 5.92. The fourth-order valence-electron chi connectivity index (χ4n) is 1.29. The van der Waals surface area contributed by atoms with Gasteiger partial charge in [0.1, 0.15) is 17.9 Å². The average Bonchev–Trinajstić information content (AvgIpc) is 2.39. The number of aliphatic hydroxyl groups is 1. The molecule has 0 aliphatic carbocycles. The van der Waals surface area contributed by atoms with Gasteiger partial charge in [-0.25, -0.2) is 4.79 Å². The van der Waals surface area contributed by atoms with Crippen LogP contribution in [0.5, 0.6) is 5.75 Å². The second-order valence-electron chi connectivity index (χ2n) is 3.02. The van der Waals surface area contributed by atoms with Crippen LogP contribution in [0.15, 0.2) is 24.3 Å². The Kier molecular flexibility index (Phi) is 2.37. The molecule has 0 aromatic heterocycles. The van der Waals surface area contributed by atoms with E-state index < -0.39 is 12.1 Å². The molecule has 0 saturated heterocycles. The number of hydrogen-bond acceptors (Lipinski definition) is 4. The van der Waals surface area contributed by atoms with Gasteiger partial charge in [0, 0.05) is 0 Å². The third kappa shape index (κ3) is 1.56. The van der Waals surface area contributed by atoms with Crippen molar-refractivity contribution >= 4 is 5.97 Å². The molecule has 1 aromatic rings. The molecule has 1 atom stereocenters. The molecule has 2 rings (SSSR count). The van der Waals surface area contributed by atoms with Gasteiger partial charge in [0.15, 0.2) is 6.10 Å². The number of para-hydroxylation sites is 1. The van der Waals surface area contributed by atoms with E-state index in [2.05, 4.69) is 0 Å². The minimum atomic E-state index is -0.470. The Balaban J connectivity index is 2.36. The maximum absolute atomic E-state index is 11.4. The Morgan fingerprint density at radius 1 is 1.43 bits per heavy atom. The van der Waals surface area contributed by atoms with E-state index in [4.69, 9.17) is 14.6 Å². The van der Waals surface area contributed by atoms with Crippen LogP contribution in [0.1, 0.15) is 10.4 Å². The molecule has 0 amide bonds. The Morgan fingerprint density at radius 2 is 2.21 bits per heavy atom. The van der Waals surface area contributed by atoms with Crippen LogP contribution in [0.3, 0.4) is 0 Å². The summed E-state index contributed by atoms with van der Waals surface area (Å²) in [5, 5.41) is 8.91. The predicted molar refractivity (Wildman–Crippen MR) is 48.2 cm³/mol. The lowest BCUT2D eigenvalue weighted by Gasteiger charge is -2.12. The second-order valence-corrected chi connectivity index (χ2v) is 3.02. The number of ether oxygens (including phenoxy) is 2. The van der Waals surface area contributed by atoms with E-state index in [1.54, 1.807) is 24.3 Å². The van der Waals surface area contributed by atoms with Gasteiger partial charge in [0.05, 0.1) is 6.61 Å². The Hall–Kier alpha value is -1.55. The number of fused-ring (bicyclic) bond motifs is 1. The summed E-state index contributed by atoms with van der Waals surface area (Å²) < 4.78 is 10.3. The first-order valence-electron chi connectivity index (χ1n) is 4.35. The number of hydrogen-bond donors (Lipinski definition) is 1. The molecule has 1 aromatic carbocycles. The summed E-state index contributed by atoms with van der Waals surface area (Å²) >= 11 is 0. The highest BCUT2D eigenvalue weighted by Gasteiger charge is 2.22. The van der Waals surface area contributed by atoms with Crippen LogP contribution < -0.4 is 4.74 Å². The van der Waals surface area contributed by atoms with E-state index in [0.29, 0.717) is 11.3 Å². The van der Waals surface area contributed by atoms with E-state index in [0.717, 1.165) is 0 Å². The first kappa shape index (κ1) is 9.02. The summed E-state index contributed by atoms with van der Waals surface area (Å²) in [7, 11) is 0. The first-order valence-corrected chi connectivity index (χ1v) is 4.35. The van der Waals surface area contributed by atoms with Crippen molar-refractivity contribution in [3.05, 3.63) is 29.8 Å². The molecule has 14 heavy (non-hydrogen) atoms. The highest BCUT2D eigenvalue weighted by atomic mass is 16.6. The lowest BCUT2D eigenvalue weighted by atomic mass is 10.2. The van der Waals surface area contributed by atoms with Crippen molar-refractivity contribution in [2.24, 2.45) is 0 Å². The average molecular weight is 194 g/mol. The van der Waals surface area contributed by atoms with E-state index in [1.165, 1.54) is 0 Å². The number of cyclic esters (lactones) is 1. The zero-order valence-corrected chi connectivity index (χ0v) is 7.47. The Labute approximate surface area is 81.1 Å². The van der Waals surface area contributed by atoms with Gasteiger partial charge < -0.3 is 14.6 Å². The monoisotopic (exact) mass is 194 g/mol. The number of carbonyl (C=O) groups is 1. The Bertz CT molecular complexity index is 348. The van der Waals surface area contributed by atoms with Crippen molar-refractivity contribution in [1.82, 2.24) is 0 Å². The Morgan fingerprint density at radius 3 is 3.00 bits per heavy atom. The van der Waals surface area contributed by atoms with Gasteiger partial charge >= 0.3 is 5.97 Å². The molecule has 1 aliphatic rings. The fraction of sp³-hybridized carbons (Fsp3) is 0.300. The van der Waals surface area contributed by atoms with Crippen LogP contribution >= 0.6 is 0 Å². The third-order valence-electron chi connectivity index (χ3n) is 2.00. The van der Waals surface area contributed by atoms with Crippen LogP contribution in [-0.2, 0) is 4.74 Å². The summed E-state index contributed by atoms with van der Waals surface area (Å²) in [6, 6.07) is 6.83. The minimum absolute atomic E-state index is 0.0873. The number of carbonyl (C=O) groups excluding carboxylic acids is 1. The number of rotatable bonds is 1. The summed E-state index contributed by atoms with van der Waals surface area (Å²) in [6.07, 6.45) is -0.470. The SMILES string of the molecule is O=C1OCC(CO)Oc2ccccc21. The summed E-state index contributed by atoms with van der Waals surface area (Å²) in [6.45, 7) is -0.0778. The van der Waals surface area contributed by atoms with E-state index >= 15 is 0 Å². The zero-order valence-electron chi connectivity index (χ0n) is 7.47. The molecule has 4 nitrogen and oxygen atoms in total. The van der Waals surface area contributed by atoms with Crippen LogP contribution in [0.25, 0.3) is 0 Å². The summed E-state index contributed by atoms with van der Waals surface area (Å²) in [4.78, 5) is 11.4. The molecule has 1 heterocycles. The molecule has 0 bridgehead atoms. The van der Waals surface area contributed by atoms with Crippen molar-refractivity contribution in [2.75, 3.05) is 13.2 Å². The molecule has 0 saturated carbocycles. The number of aliphatic hydroxyl groups excluding tert-OH is 1. The van der Waals surface area contributed by atoms with Gasteiger partial charge in [0.2, 0.25) is 0 Å². The van der Waals surface area contributed by atoms with Gasteiger partial charge in [0.25, 0.3) is 0 Å². The fourth-order valence-corrected chi connectivity index (χ4v) is 1.29. The molecule has 1 N–H and O–H groups in total. The molecular weight excluding hydrogens is 184 g/mol. The van der Waals surface area contributed by atoms with Gasteiger partial charge in [-0.05, 0) is 12.1 Å². The molecule has 0 spiro atoms. The molecule has 74 valence electrons. The molecular formula is C10H10O4. The number of esters is 1. The molecule has 0 fully saturated rings. The van der Waals surface area contributed by atoms with Crippen LogP contribution in [0, 0.1) is 0 Å². The van der Waals surface area contributed by atoms with Crippen molar-refractivity contribution in [3.8, 4) is 5.75 Å². The van der Waals surface area contributed by atoms with E-state index in [1.807, 2.05) is 0 Å². The largest absolute Gasteiger partial charge is 0.484 e. The van der Waals surface area contributed by atoms with Crippen molar-refractivity contribution in [3.63, 3.8) is 0 Å². The molecule has 1 aliphatic heterocycles. The van der Waals surface area contributed by atoms with Crippen LogP contribution in [0.2, 0.25) is 0 Å². The first-order chi connectivity index (χ1) is 6.81. The summed E-state index contributed by atoms with van der Waals surface area (Å²) in [5.41, 5.74) is 0.406. The predicted octanol–water partition coefficient (Wildman–Crippen LogP) is 0.597. The second kappa shape index (κ2) is 3.67. The van der Waals surface area contributed by atoms with Gasteiger partial charge in [-0.15, -0.1) is 0 Å². The normalized spacial score (nSPS) is 20.4. The standard InChI is InChI=1S/C10H10O4/c11-5-7-6-13-10(12)8-3-1-2-4-9(8)14-7/h1-4,7,11H,5-6H2. The minimum Gasteiger partial charge on any atom is -0.484 e. The summed E-state index contributed by atoms with van der Waals surface area (Å²) in [5.74, 6) is 0.0607. The quantitative estimate of drug-likeness (QED) is 0.665. The van der Waals surface area contributed by atoms with E-state index in [-0.39, 0.29) is 13.2 Å². The molecule has 1 unspecified atom stereocenters. The number of benzene rings is 1. The molecule has 4 heteroatoms. The van der Waals surface area contributed by atoms with Crippen molar-refractivity contribution in [2.45, 2.75) is 6.10 Å². The van der Waals surface area contributed by atoms with Crippen molar-refractivity contribution in [1.29, 1.82) is 0 Å². The van der Waals surface area contributed by atoms with Gasteiger partial charge in [-0.1, -0.05) is 12.1 Å². The maximum Gasteiger partial charge on any atom is 0.342 e. The lowest BCUT2D eigenvalue weighted by Crippen LogP contribution is -2.25. The van der Waals surface area contributed by atoms with Crippen molar-refractivity contribution < 1.29 is 19.4 Å². The smallest absolute Gasteiger partial charge is 0.342 e. The van der Waals surface area contributed by atoms with Gasteiger partial charge in [-0.2, -0.15) is 0 Å². The zero-order chi connectivity index (χ0) is 9.97.